The molecule has 0 fully saturated rings. The number of hydrogen-bond acceptors (Lipinski definition) is 8. The molecule has 0 aromatic heterocycles. The second-order valence-corrected chi connectivity index (χ2v) is 16.3. The lowest BCUT2D eigenvalue weighted by Gasteiger charge is -2.20. The summed E-state index contributed by atoms with van der Waals surface area (Å²) >= 11 is 0. The zero-order valence-electron chi connectivity index (χ0n) is 35.6. The van der Waals surface area contributed by atoms with E-state index in [1.807, 2.05) is 19.0 Å². The fourth-order valence-corrected chi connectivity index (χ4v) is 6.54. The predicted molar refractivity (Wildman–Crippen MR) is 229 cm³/mol. The third-order valence-corrected chi connectivity index (χ3v) is 10.1. The quantitative estimate of drug-likeness (QED) is 0.0280. The van der Waals surface area contributed by atoms with E-state index in [2.05, 4.69) is 62.5 Å². The molecule has 2 atom stereocenters. The van der Waals surface area contributed by atoms with Crippen molar-refractivity contribution in [2.24, 2.45) is 0 Å². The summed E-state index contributed by atoms with van der Waals surface area (Å²) in [6, 6.07) is 0. The number of likely N-dealkylation sites (N-methyl/N-ethyl adjacent to an activating group) is 1. The van der Waals surface area contributed by atoms with Crippen molar-refractivity contribution < 1.29 is 37.6 Å². The highest BCUT2D eigenvalue weighted by Gasteiger charge is 2.26. The molecular formula is C45H82NO8P. The minimum Gasteiger partial charge on any atom is -0.462 e. The first-order valence-corrected chi connectivity index (χ1v) is 23.4. The number of phosphoric acid groups is 1. The normalized spacial score (nSPS) is 13.9. The Kier molecular flexibility index (Phi) is 38.7. The molecule has 0 rings (SSSR count). The number of nitrogens with zero attached hydrogens (tertiary/aromatic N) is 1. The molecule has 0 bridgehead atoms. The van der Waals surface area contributed by atoms with Gasteiger partial charge >= 0.3 is 19.8 Å². The van der Waals surface area contributed by atoms with Crippen molar-refractivity contribution in [2.45, 2.75) is 187 Å². The van der Waals surface area contributed by atoms with Gasteiger partial charge in [0, 0.05) is 19.4 Å². The first kappa shape index (κ1) is 53.0. The van der Waals surface area contributed by atoms with Gasteiger partial charge in [0.15, 0.2) is 6.10 Å². The number of ether oxygens (including phenoxy) is 2. The molecule has 0 aliphatic heterocycles. The van der Waals surface area contributed by atoms with Crippen molar-refractivity contribution in [1.29, 1.82) is 0 Å². The van der Waals surface area contributed by atoms with E-state index in [9.17, 15) is 19.0 Å². The number of rotatable bonds is 40. The van der Waals surface area contributed by atoms with Crippen molar-refractivity contribution >= 4 is 19.8 Å². The van der Waals surface area contributed by atoms with E-state index >= 15 is 0 Å². The molecule has 0 aromatic carbocycles. The Hall–Kier alpha value is -2.03. The van der Waals surface area contributed by atoms with Gasteiger partial charge < -0.3 is 19.3 Å². The first-order valence-electron chi connectivity index (χ1n) is 21.9. The van der Waals surface area contributed by atoms with Gasteiger partial charge in [-0.05, 0) is 65.5 Å². The first-order chi connectivity index (χ1) is 26.7. The summed E-state index contributed by atoms with van der Waals surface area (Å²) in [4.78, 5) is 37.0. The van der Waals surface area contributed by atoms with Crippen LogP contribution < -0.4 is 0 Å². The largest absolute Gasteiger partial charge is 0.472 e. The Morgan fingerprint density at radius 3 is 1.55 bits per heavy atom. The Morgan fingerprint density at radius 2 is 1.04 bits per heavy atom. The fraction of sp³-hybridized carbons (Fsp3) is 0.778. The van der Waals surface area contributed by atoms with Crippen LogP contribution in [0.25, 0.3) is 0 Å². The van der Waals surface area contributed by atoms with E-state index in [0.717, 1.165) is 51.4 Å². The van der Waals surface area contributed by atoms with E-state index in [4.69, 9.17) is 18.5 Å². The molecule has 2 unspecified atom stereocenters. The number of unbranched alkanes of at least 4 members (excludes halogenated alkanes) is 18. The van der Waals surface area contributed by atoms with Gasteiger partial charge in [0.25, 0.3) is 0 Å². The predicted octanol–water partition coefficient (Wildman–Crippen LogP) is 12.5. The molecule has 0 amide bonds. The molecule has 55 heavy (non-hydrogen) atoms. The molecule has 1 N–H and O–H groups in total. The van der Waals surface area contributed by atoms with Gasteiger partial charge in [-0.3, -0.25) is 18.6 Å². The van der Waals surface area contributed by atoms with Gasteiger partial charge in [-0.2, -0.15) is 0 Å². The standard InChI is InChI=1S/C45H82NO8P/c1-5-7-9-11-13-15-17-19-21-22-24-26-28-30-32-34-36-38-45(48)54-43(42-53-55(49,50)52-40-39-46(3)4)41-51-44(47)37-35-33-31-29-27-25-23-20-18-16-14-12-10-8-6-2/h8,10,14,16,20,23,27,29,43H,5-7,9,11-13,15,17-19,21-22,24-26,28,30-42H2,1-4H3,(H,49,50)/b10-8-,16-14-,23-20-,29-27-. The van der Waals surface area contributed by atoms with Crippen molar-refractivity contribution in [3.05, 3.63) is 48.6 Å². The van der Waals surface area contributed by atoms with Crippen LogP contribution in [0.3, 0.4) is 0 Å². The third-order valence-electron chi connectivity index (χ3n) is 9.15. The number of carbonyl (C=O) groups is 2. The van der Waals surface area contributed by atoms with Gasteiger partial charge in [-0.25, -0.2) is 4.57 Å². The van der Waals surface area contributed by atoms with Gasteiger partial charge in [-0.1, -0.05) is 165 Å². The highest BCUT2D eigenvalue weighted by atomic mass is 31.2. The van der Waals surface area contributed by atoms with Crippen LogP contribution in [0.15, 0.2) is 48.6 Å². The minimum atomic E-state index is -4.37. The van der Waals surface area contributed by atoms with E-state index in [1.54, 1.807) is 0 Å². The zero-order valence-corrected chi connectivity index (χ0v) is 36.5. The summed E-state index contributed by atoms with van der Waals surface area (Å²) in [5.74, 6) is -0.849. The summed E-state index contributed by atoms with van der Waals surface area (Å²) in [6.07, 6.45) is 44.5. The molecular weight excluding hydrogens is 713 g/mol. The van der Waals surface area contributed by atoms with Crippen LogP contribution in [-0.2, 0) is 32.7 Å². The number of esters is 2. The van der Waals surface area contributed by atoms with E-state index < -0.39 is 32.5 Å². The van der Waals surface area contributed by atoms with Gasteiger partial charge in [0.05, 0.1) is 13.2 Å². The number of carbonyl (C=O) groups excluding carboxylic acids is 2. The SMILES string of the molecule is CC/C=C\C/C=C\C/C=C\C/C=C\CCCCC(=O)OCC(COP(=O)(O)OCCN(C)C)OC(=O)CCCCCCCCCCCCCCCCCCC. The molecule has 10 heteroatoms. The maximum Gasteiger partial charge on any atom is 0.472 e. The molecule has 9 nitrogen and oxygen atoms in total. The van der Waals surface area contributed by atoms with Gasteiger partial charge in [-0.15, -0.1) is 0 Å². The minimum absolute atomic E-state index is 0.000436. The number of phosphoric ester groups is 1. The van der Waals surface area contributed by atoms with E-state index in [0.29, 0.717) is 19.4 Å². The highest BCUT2D eigenvalue weighted by Crippen LogP contribution is 2.43. The smallest absolute Gasteiger partial charge is 0.462 e. The molecule has 0 spiro atoms. The second-order valence-electron chi connectivity index (χ2n) is 14.8. The van der Waals surface area contributed by atoms with Crippen LogP contribution in [0.1, 0.15) is 181 Å². The molecule has 0 aliphatic rings. The summed E-state index contributed by atoms with van der Waals surface area (Å²) < 4.78 is 33.4. The summed E-state index contributed by atoms with van der Waals surface area (Å²) in [5.41, 5.74) is 0. The monoisotopic (exact) mass is 796 g/mol. The third kappa shape index (κ3) is 41.4. The fourth-order valence-electron chi connectivity index (χ4n) is 5.80. The lowest BCUT2D eigenvalue weighted by Crippen LogP contribution is -2.29. The highest BCUT2D eigenvalue weighted by molar-refractivity contribution is 7.47. The Bertz CT molecular complexity index is 1060. The van der Waals surface area contributed by atoms with Crippen LogP contribution in [-0.4, -0.2) is 68.3 Å². The van der Waals surface area contributed by atoms with Crippen molar-refractivity contribution in [3.63, 3.8) is 0 Å². The van der Waals surface area contributed by atoms with Gasteiger partial charge in [0.1, 0.15) is 6.61 Å². The Balaban J connectivity index is 4.33. The number of allylic oxidation sites excluding steroid dienone is 8. The summed E-state index contributed by atoms with van der Waals surface area (Å²) in [7, 11) is -0.729. The average molecular weight is 796 g/mol. The Labute approximate surface area is 337 Å². The van der Waals surface area contributed by atoms with Crippen molar-refractivity contribution in [1.82, 2.24) is 4.90 Å². The van der Waals surface area contributed by atoms with Crippen LogP contribution in [0.2, 0.25) is 0 Å². The van der Waals surface area contributed by atoms with Crippen LogP contribution in [0.5, 0.6) is 0 Å². The molecule has 0 heterocycles. The van der Waals surface area contributed by atoms with E-state index in [1.165, 1.54) is 89.9 Å². The van der Waals surface area contributed by atoms with Crippen LogP contribution >= 0.6 is 7.82 Å². The molecule has 0 saturated heterocycles. The summed E-state index contributed by atoms with van der Waals surface area (Å²) in [6.45, 7) is 4.17. The van der Waals surface area contributed by atoms with Crippen molar-refractivity contribution in [2.75, 3.05) is 40.5 Å². The Morgan fingerprint density at radius 1 is 0.582 bits per heavy atom. The van der Waals surface area contributed by atoms with E-state index in [-0.39, 0.29) is 26.1 Å². The molecule has 0 saturated carbocycles. The van der Waals surface area contributed by atoms with Crippen LogP contribution in [0, 0.1) is 0 Å². The lowest BCUT2D eigenvalue weighted by molar-refractivity contribution is -0.161. The molecule has 0 aliphatic carbocycles. The molecule has 0 aromatic rings. The van der Waals surface area contributed by atoms with Crippen LogP contribution in [0.4, 0.5) is 0 Å². The summed E-state index contributed by atoms with van der Waals surface area (Å²) in [5, 5.41) is 0. The second kappa shape index (κ2) is 40.2. The van der Waals surface area contributed by atoms with Crippen molar-refractivity contribution in [3.8, 4) is 0 Å². The molecule has 0 radical (unpaired) electrons. The number of hydrogen-bond donors (Lipinski definition) is 1. The molecule has 320 valence electrons. The lowest BCUT2D eigenvalue weighted by atomic mass is 10.0. The average Bonchev–Trinajstić information content (AvgIpc) is 3.15. The zero-order chi connectivity index (χ0) is 40.5. The van der Waals surface area contributed by atoms with Gasteiger partial charge in [0.2, 0.25) is 0 Å². The maximum atomic E-state index is 12.7. The topological polar surface area (TPSA) is 112 Å². The maximum absolute atomic E-state index is 12.7.